The Kier molecular flexibility index (Phi) is 21.3. The largest absolute Gasteiger partial charge is 0.459 e. The fourth-order valence-electron chi connectivity index (χ4n) is 10.8. The zero-order valence-electron chi connectivity index (χ0n) is 41.8. The third kappa shape index (κ3) is 13.8. The molecule has 3 aliphatic rings. The minimum Gasteiger partial charge on any atom is -0.459 e. The van der Waals surface area contributed by atoms with E-state index < -0.39 is 17.7 Å². The molecule has 2 N–H and O–H groups in total. The highest BCUT2D eigenvalue weighted by Crippen LogP contribution is 2.62. The highest BCUT2D eigenvalue weighted by molar-refractivity contribution is 6.03. The number of fused-ring (bicyclic) bond motifs is 2. The number of benzene rings is 3. The summed E-state index contributed by atoms with van der Waals surface area (Å²) in [6, 6.07) is 21.6. The molecule has 1 amide bonds. The van der Waals surface area contributed by atoms with E-state index in [2.05, 4.69) is 58.5 Å². The van der Waals surface area contributed by atoms with E-state index in [4.69, 9.17) is 28.9 Å². The van der Waals surface area contributed by atoms with Crippen molar-refractivity contribution in [3.8, 4) is 17.2 Å². The van der Waals surface area contributed by atoms with Crippen molar-refractivity contribution in [2.45, 2.75) is 168 Å². The van der Waals surface area contributed by atoms with Crippen molar-refractivity contribution < 1.29 is 38.8 Å². The van der Waals surface area contributed by atoms with Crippen LogP contribution < -0.4 is 9.47 Å². The molecule has 0 spiro atoms. The average Bonchev–Trinajstić information content (AvgIpc) is 3.34. The van der Waals surface area contributed by atoms with Gasteiger partial charge in [-0.1, -0.05) is 138 Å². The summed E-state index contributed by atoms with van der Waals surface area (Å²) >= 11 is 0. The van der Waals surface area contributed by atoms with Crippen LogP contribution in [-0.4, -0.2) is 71.7 Å². The number of aryl methyl sites for hydroxylation is 2. The number of oxime groups is 1. The number of unbranched alkanes of at least 4 members (excludes halogenated alkanes) is 11. The van der Waals surface area contributed by atoms with Gasteiger partial charge in [0, 0.05) is 37.7 Å². The standard InChI is InChI=1S/C58H82N2O8/c1-6-9-10-11-12-13-14-15-16-24-37-64-57(63)60(33-7-2)54-41-52(59-66-42-45-25-18-17-19-26-45)50-39-46(27-20-22-34-61)49(28-21-23-35-62)55-51-40-48(67-47-30-29-43(4)44(5)38-47)31-32-53(51)68-58(54,56(50)55)65-36-8-3/h8,17-19,25-26,29-32,38-40,46,49,54-56,61-62H,3,6-7,9-16,20-24,27-28,33-37,41-42H2,1-2,4-5H3. The quantitative estimate of drug-likeness (QED) is 0.0385. The number of ether oxygens (including phenoxy) is 4. The molecule has 372 valence electrons. The zero-order valence-corrected chi connectivity index (χ0v) is 41.8. The highest BCUT2D eigenvalue weighted by atomic mass is 16.7. The fraction of sp³-hybridized carbons (Fsp3) is 0.586. The van der Waals surface area contributed by atoms with Crippen LogP contribution in [0.15, 0.2) is 96.2 Å². The molecule has 6 unspecified atom stereocenters. The summed E-state index contributed by atoms with van der Waals surface area (Å²) in [6.07, 6.45) is 21.5. The third-order valence-electron chi connectivity index (χ3n) is 14.4. The van der Waals surface area contributed by atoms with Crippen molar-refractivity contribution in [3.63, 3.8) is 0 Å². The fourth-order valence-corrected chi connectivity index (χ4v) is 10.8. The number of aliphatic hydroxyl groups is 2. The second-order valence-electron chi connectivity index (χ2n) is 19.4. The molecule has 3 aromatic carbocycles. The Morgan fingerprint density at radius 3 is 2.21 bits per heavy atom. The molecular weight excluding hydrogens is 853 g/mol. The second-order valence-corrected chi connectivity index (χ2v) is 19.4. The molecule has 3 aromatic rings. The first-order valence-electron chi connectivity index (χ1n) is 26.2. The van der Waals surface area contributed by atoms with Crippen LogP contribution in [0.5, 0.6) is 17.2 Å². The summed E-state index contributed by atoms with van der Waals surface area (Å²) in [7, 11) is 0. The van der Waals surface area contributed by atoms with Gasteiger partial charge in [-0.05, 0) is 117 Å². The van der Waals surface area contributed by atoms with E-state index in [0.29, 0.717) is 50.3 Å². The average molecular weight is 935 g/mol. The van der Waals surface area contributed by atoms with Crippen LogP contribution in [0.25, 0.3) is 0 Å². The third-order valence-corrected chi connectivity index (χ3v) is 14.4. The lowest BCUT2D eigenvalue weighted by Crippen LogP contribution is -2.70. The predicted octanol–water partition coefficient (Wildman–Crippen LogP) is 13.7. The Labute approximate surface area is 408 Å². The number of hydrogen-bond donors (Lipinski definition) is 2. The maximum Gasteiger partial charge on any atom is 0.410 e. The number of aliphatic hydroxyl groups excluding tert-OH is 2. The summed E-state index contributed by atoms with van der Waals surface area (Å²) in [5.74, 6) is 0.395. The number of allylic oxidation sites excluding steroid dienone is 1. The van der Waals surface area contributed by atoms with Gasteiger partial charge in [-0.3, -0.25) is 4.90 Å². The Morgan fingerprint density at radius 1 is 0.824 bits per heavy atom. The van der Waals surface area contributed by atoms with E-state index in [-0.39, 0.29) is 50.3 Å². The molecule has 0 aromatic heterocycles. The van der Waals surface area contributed by atoms with E-state index in [1.165, 1.54) is 50.5 Å². The Morgan fingerprint density at radius 2 is 1.51 bits per heavy atom. The van der Waals surface area contributed by atoms with Gasteiger partial charge in [0.1, 0.15) is 29.9 Å². The van der Waals surface area contributed by atoms with Gasteiger partial charge >= 0.3 is 6.09 Å². The first-order valence-corrected chi connectivity index (χ1v) is 26.2. The van der Waals surface area contributed by atoms with E-state index in [1.807, 2.05) is 53.4 Å². The molecule has 1 heterocycles. The molecular formula is C58H82N2O8. The van der Waals surface area contributed by atoms with Crippen molar-refractivity contribution >= 4 is 11.8 Å². The van der Waals surface area contributed by atoms with Gasteiger partial charge in [-0.15, -0.1) is 6.58 Å². The lowest BCUT2D eigenvalue weighted by molar-refractivity contribution is -0.255. The molecule has 1 aliphatic heterocycles. The van der Waals surface area contributed by atoms with Gasteiger partial charge in [0.05, 0.1) is 24.8 Å². The molecule has 6 rings (SSSR count). The monoisotopic (exact) mass is 935 g/mol. The van der Waals surface area contributed by atoms with Gasteiger partial charge in [0.25, 0.3) is 0 Å². The molecule has 1 saturated carbocycles. The highest BCUT2D eigenvalue weighted by Gasteiger charge is 2.65. The smallest absolute Gasteiger partial charge is 0.410 e. The minimum atomic E-state index is -1.36. The van der Waals surface area contributed by atoms with Crippen LogP contribution in [0.2, 0.25) is 0 Å². The molecule has 0 saturated heterocycles. The summed E-state index contributed by atoms with van der Waals surface area (Å²) in [4.78, 5) is 22.8. The van der Waals surface area contributed by atoms with Crippen LogP contribution in [0.4, 0.5) is 4.79 Å². The van der Waals surface area contributed by atoms with Crippen LogP contribution in [0.3, 0.4) is 0 Å². The minimum absolute atomic E-state index is 0.0911. The molecule has 6 atom stereocenters. The van der Waals surface area contributed by atoms with Gasteiger partial charge in [-0.25, -0.2) is 4.79 Å². The summed E-state index contributed by atoms with van der Waals surface area (Å²) in [6.45, 7) is 14.1. The molecule has 0 bridgehead atoms. The van der Waals surface area contributed by atoms with Crippen LogP contribution in [-0.2, 0) is 20.9 Å². The number of nitrogens with zero attached hydrogens (tertiary/aromatic N) is 2. The van der Waals surface area contributed by atoms with E-state index >= 15 is 0 Å². The van der Waals surface area contributed by atoms with E-state index in [9.17, 15) is 15.0 Å². The second kappa shape index (κ2) is 27.5. The number of carbonyl (C=O) groups is 1. The first kappa shape index (κ1) is 52.7. The number of amides is 1. The first-order chi connectivity index (χ1) is 33.3. The van der Waals surface area contributed by atoms with Crippen molar-refractivity contribution in [3.05, 3.63) is 113 Å². The molecule has 10 heteroatoms. The predicted molar refractivity (Wildman–Crippen MR) is 272 cm³/mol. The van der Waals surface area contributed by atoms with E-state index in [1.54, 1.807) is 6.08 Å². The summed E-state index contributed by atoms with van der Waals surface area (Å²) in [5.41, 5.74) is 6.12. The van der Waals surface area contributed by atoms with Gasteiger partial charge in [0.2, 0.25) is 5.79 Å². The lowest BCUT2D eigenvalue weighted by Gasteiger charge is -2.59. The Balaban J connectivity index is 1.43. The molecule has 68 heavy (non-hydrogen) atoms. The molecule has 10 nitrogen and oxygen atoms in total. The lowest BCUT2D eigenvalue weighted by atomic mass is 9.55. The normalized spacial score (nSPS) is 22.1. The molecule has 1 fully saturated rings. The maximum atomic E-state index is 14.7. The number of carbonyl (C=O) groups excluding carboxylic acids is 1. The van der Waals surface area contributed by atoms with Crippen molar-refractivity contribution in [2.75, 3.05) is 33.0 Å². The Bertz CT molecular complexity index is 2070. The van der Waals surface area contributed by atoms with E-state index in [0.717, 1.165) is 78.7 Å². The van der Waals surface area contributed by atoms with Crippen LogP contribution >= 0.6 is 0 Å². The van der Waals surface area contributed by atoms with Crippen molar-refractivity contribution in [1.29, 1.82) is 0 Å². The SMILES string of the molecule is C=CCOC12Oc3ccc(Oc4ccc(C)c(C)c4)cc3C3C(CCCCO)C(CCCCO)C=C(C(=NOCc4ccccc4)CC1N(CCC)C(=O)OCCCCCCCCCCCC)C32. The molecule has 2 aliphatic carbocycles. The van der Waals surface area contributed by atoms with Crippen LogP contribution in [0, 0.1) is 31.6 Å². The number of hydrogen-bond acceptors (Lipinski definition) is 9. The topological polar surface area (TPSA) is 119 Å². The van der Waals surface area contributed by atoms with Gasteiger partial charge in [0.15, 0.2) is 0 Å². The Hall–Kier alpha value is -4.64. The van der Waals surface area contributed by atoms with Crippen LogP contribution in [0.1, 0.15) is 158 Å². The van der Waals surface area contributed by atoms with Gasteiger partial charge in [-0.2, -0.15) is 0 Å². The zero-order chi connectivity index (χ0) is 48.1. The van der Waals surface area contributed by atoms with Crippen molar-refractivity contribution in [2.24, 2.45) is 22.9 Å². The van der Waals surface area contributed by atoms with Gasteiger partial charge < -0.3 is 34.0 Å². The number of rotatable bonds is 30. The summed E-state index contributed by atoms with van der Waals surface area (Å²) in [5, 5.41) is 25.0. The summed E-state index contributed by atoms with van der Waals surface area (Å²) < 4.78 is 27.4. The van der Waals surface area contributed by atoms with Crippen molar-refractivity contribution in [1.82, 2.24) is 4.90 Å². The maximum absolute atomic E-state index is 14.7. The molecule has 0 radical (unpaired) electrons.